The second-order valence-electron chi connectivity index (χ2n) is 9.40. The van der Waals surface area contributed by atoms with Crippen molar-refractivity contribution in [3.8, 4) is 0 Å². The maximum absolute atomic E-state index is 13.1. The Hall–Kier alpha value is -3.94. The maximum atomic E-state index is 13.1. The highest BCUT2D eigenvalue weighted by atomic mass is 35.5. The van der Waals surface area contributed by atoms with Crippen molar-refractivity contribution in [1.82, 2.24) is 9.80 Å². The summed E-state index contributed by atoms with van der Waals surface area (Å²) in [6.07, 6.45) is -4.54. The zero-order valence-electron chi connectivity index (χ0n) is 22.0. The van der Waals surface area contributed by atoms with Gasteiger partial charge in [0.05, 0.1) is 22.4 Å². The molecule has 1 aromatic heterocycles. The molecule has 5 rings (SSSR count). The van der Waals surface area contributed by atoms with Crippen LogP contribution in [0.1, 0.15) is 36.7 Å². The third-order valence-electron chi connectivity index (χ3n) is 6.46. The van der Waals surface area contributed by atoms with E-state index in [0.29, 0.717) is 59.0 Å². The van der Waals surface area contributed by atoms with E-state index in [-0.39, 0.29) is 11.8 Å². The first-order valence-electron chi connectivity index (χ1n) is 12.7. The number of carboxylic acid groups (broad SMARTS) is 1. The van der Waals surface area contributed by atoms with Gasteiger partial charge in [0, 0.05) is 49.4 Å². The predicted octanol–water partition coefficient (Wildman–Crippen LogP) is 5.30. The van der Waals surface area contributed by atoms with Gasteiger partial charge in [0.2, 0.25) is 0 Å². The molecule has 42 heavy (non-hydrogen) atoms. The Labute approximate surface area is 248 Å². The van der Waals surface area contributed by atoms with Gasteiger partial charge in [-0.25, -0.2) is 4.79 Å². The van der Waals surface area contributed by atoms with Gasteiger partial charge in [0.15, 0.2) is 0 Å². The minimum Gasteiger partial charge on any atom is -0.475 e. The Morgan fingerprint density at radius 3 is 2.38 bits per heavy atom. The van der Waals surface area contributed by atoms with Gasteiger partial charge >= 0.3 is 12.1 Å². The van der Waals surface area contributed by atoms with E-state index < -0.39 is 12.1 Å². The van der Waals surface area contributed by atoms with Gasteiger partial charge in [-0.15, -0.1) is 11.3 Å². The van der Waals surface area contributed by atoms with E-state index in [9.17, 15) is 22.8 Å². The lowest BCUT2D eigenvalue weighted by Crippen LogP contribution is -2.41. The molecule has 0 radical (unpaired) electrons. The monoisotopic (exact) mass is 622 g/mol. The van der Waals surface area contributed by atoms with E-state index >= 15 is 0 Å². The molecule has 0 saturated carbocycles. The number of halogens is 4. The number of hydrogen-bond acceptors (Lipinski definition) is 6. The summed E-state index contributed by atoms with van der Waals surface area (Å²) in [5.41, 5.74) is 4.12. The van der Waals surface area contributed by atoms with E-state index in [1.165, 1.54) is 11.3 Å². The smallest absolute Gasteiger partial charge is 0.475 e. The number of ether oxygens (including phenoxy) is 1. The third kappa shape index (κ3) is 7.87. The quantitative estimate of drug-likeness (QED) is 0.253. The maximum Gasteiger partial charge on any atom is 0.490 e. The average molecular weight is 623 g/mol. The van der Waals surface area contributed by atoms with E-state index in [0.717, 1.165) is 29.8 Å². The number of rotatable bonds is 6. The molecular weight excluding hydrogens is 597 g/mol. The number of aliphatic carboxylic acids is 1. The Kier molecular flexibility index (Phi) is 9.86. The van der Waals surface area contributed by atoms with Gasteiger partial charge in [-0.2, -0.15) is 13.2 Å². The molecule has 3 N–H and O–H groups in total. The summed E-state index contributed by atoms with van der Waals surface area (Å²) in [7, 11) is 0. The molecule has 222 valence electrons. The fourth-order valence-corrected chi connectivity index (χ4v) is 5.39. The van der Waals surface area contributed by atoms with Gasteiger partial charge < -0.3 is 25.0 Å². The lowest BCUT2D eigenvalue weighted by atomic mass is 10.1. The molecule has 2 aliphatic heterocycles. The lowest BCUT2D eigenvalue weighted by Gasteiger charge is -2.29. The molecular formula is C28H26ClF3N4O5S. The van der Waals surface area contributed by atoms with E-state index in [2.05, 4.69) is 16.3 Å². The number of carbonyl (C=O) groups excluding carboxylic acids is 2. The highest BCUT2D eigenvalue weighted by molar-refractivity contribution is 7.18. The molecule has 0 bridgehead atoms. The van der Waals surface area contributed by atoms with Crippen molar-refractivity contribution in [2.45, 2.75) is 25.7 Å². The van der Waals surface area contributed by atoms with Crippen molar-refractivity contribution in [3.05, 3.63) is 86.1 Å². The number of hydrogen-bond donors (Lipinski definition) is 3. The molecule has 0 unspecified atom stereocenters. The highest BCUT2D eigenvalue weighted by Gasteiger charge is 2.38. The van der Waals surface area contributed by atoms with Crippen LogP contribution in [-0.2, 0) is 29.0 Å². The number of anilines is 1. The second-order valence-corrected chi connectivity index (χ2v) is 11.1. The number of carboxylic acids is 1. The van der Waals surface area contributed by atoms with Crippen molar-refractivity contribution in [2.24, 2.45) is 0 Å². The van der Waals surface area contributed by atoms with Crippen LogP contribution in [0.5, 0.6) is 0 Å². The predicted molar refractivity (Wildman–Crippen MR) is 151 cm³/mol. The van der Waals surface area contributed by atoms with Crippen molar-refractivity contribution < 1.29 is 37.4 Å². The minimum atomic E-state index is -5.08. The zero-order chi connectivity index (χ0) is 30.4. The first-order chi connectivity index (χ1) is 19.9. The standard InChI is InChI=1S/C26H25ClN4O3S.C2HF3O2/c27-23-8-7-22(35-23)25(32)29-21-6-2-5-19-20(21)16-31(26(19)33)15-18-4-1-3-17(13-18)14-24(28)30-9-11-34-12-10-30;3-2(4,5)1(6)7/h1-8,13,28H,9-12,14-16H2,(H,29,32);(H,6,7). The summed E-state index contributed by atoms with van der Waals surface area (Å²) in [5.74, 6) is -2.46. The van der Waals surface area contributed by atoms with E-state index in [1.54, 1.807) is 29.2 Å². The lowest BCUT2D eigenvalue weighted by molar-refractivity contribution is -0.192. The molecule has 2 amide bonds. The number of nitrogens with one attached hydrogen (secondary N) is 2. The summed E-state index contributed by atoms with van der Waals surface area (Å²) in [5, 5.41) is 18.5. The number of nitrogens with zero attached hydrogens (tertiary/aromatic N) is 2. The number of morpholine rings is 1. The molecule has 0 aliphatic carbocycles. The van der Waals surface area contributed by atoms with Crippen molar-refractivity contribution in [2.75, 3.05) is 31.6 Å². The number of thiophene rings is 1. The number of carbonyl (C=O) groups is 3. The normalized spacial score (nSPS) is 14.6. The van der Waals surface area contributed by atoms with Crippen molar-refractivity contribution in [1.29, 1.82) is 5.41 Å². The number of amides is 2. The number of alkyl halides is 3. The summed E-state index contributed by atoms with van der Waals surface area (Å²) in [6, 6.07) is 16.8. The minimum absolute atomic E-state index is 0.0540. The third-order valence-corrected chi connectivity index (χ3v) is 7.69. The van der Waals surface area contributed by atoms with Gasteiger partial charge in [0.1, 0.15) is 5.84 Å². The van der Waals surface area contributed by atoms with Crippen LogP contribution in [0.4, 0.5) is 18.9 Å². The number of fused-ring (bicyclic) bond motifs is 1. The summed E-state index contributed by atoms with van der Waals surface area (Å²) < 4.78 is 37.7. The van der Waals surface area contributed by atoms with Crippen LogP contribution < -0.4 is 5.32 Å². The van der Waals surface area contributed by atoms with Gasteiger partial charge in [0.25, 0.3) is 11.8 Å². The number of amidine groups is 1. The molecule has 2 aromatic carbocycles. The summed E-state index contributed by atoms with van der Waals surface area (Å²) in [4.78, 5) is 39.0. The Balaban J connectivity index is 0.000000517. The van der Waals surface area contributed by atoms with Crippen LogP contribution in [0, 0.1) is 5.41 Å². The topological polar surface area (TPSA) is 123 Å². The summed E-state index contributed by atoms with van der Waals surface area (Å²) in [6.45, 7) is 3.69. The molecule has 0 atom stereocenters. The van der Waals surface area contributed by atoms with Crippen molar-refractivity contribution in [3.63, 3.8) is 0 Å². The fraction of sp³-hybridized carbons (Fsp3) is 0.286. The number of benzene rings is 2. The largest absolute Gasteiger partial charge is 0.490 e. The Morgan fingerprint density at radius 1 is 1.07 bits per heavy atom. The van der Waals surface area contributed by atoms with Gasteiger partial charge in [-0.3, -0.25) is 15.0 Å². The van der Waals surface area contributed by atoms with E-state index in [4.69, 9.17) is 31.6 Å². The Morgan fingerprint density at radius 2 is 1.74 bits per heavy atom. The molecule has 0 spiro atoms. The van der Waals surface area contributed by atoms with Crippen LogP contribution in [0.2, 0.25) is 4.34 Å². The van der Waals surface area contributed by atoms with Gasteiger partial charge in [-0.1, -0.05) is 41.9 Å². The van der Waals surface area contributed by atoms with Crippen LogP contribution in [0.15, 0.2) is 54.6 Å². The van der Waals surface area contributed by atoms with Crippen LogP contribution >= 0.6 is 22.9 Å². The second kappa shape index (κ2) is 13.4. The zero-order valence-corrected chi connectivity index (χ0v) is 23.6. The fourth-order valence-electron chi connectivity index (χ4n) is 4.45. The summed E-state index contributed by atoms with van der Waals surface area (Å²) >= 11 is 7.18. The van der Waals surface area contributed by atoms with E-state index in [1.807, 2.05) is 24.3 Å². The van der Waals surface area contributed by atoms with Gasteiger partial charge in [-0.05, 0) is 35.4 Å². The van der Waals surface area contributed by atoms with Crippen LogP contribution in [-0.4, -0.2) is 71.0 Å². The SMILES string of the molecule is N=C(Cc1cccc(CN2Cc3c(NC(=O)c4ccc(Cl)s4)cccc3C2=O)c1)N1CCOCC1.O=C(O)C(F)(F)F. The molecule has 1 fully saturated rings. The molecule has 9 nitrogen and oxygen atoms in total. The van der Waals surface area contributed by atoms with Crippen LogP contribution in [0.3, 0.4) is 0 Å². The highest BCUT2D eigenvalue weighted by Crippen LogP contribution is 2.31. The molecule has 14 heteroatoms. The first-order valence-corrected chi connectivity index (χ1v) is 13.9. The Bertz CT molecular complexity index is 1490. The molecule has 2 aliphatic rings. The van der Waals surface area contributed by atoms with Crippen molar-refractivity contribution >= 4 is 52.2 Å². The molecule has 1 saturated heterocycles. The molecule has 3 heterocycles. The first kappa shape index (κ1) is 31.0. The average Bonchev–Trinajstić information content (AvgIpc) is 3.53. The van der Waals surface area contributed by atoms with Crippen LogP contribution in [0.25, 0.3) is 0 Å². The molecule has 3 aromatic rings.